The van der Waals surface area contributed by atoms with Gasteiger partial charge in [0.25, 0.3) is 5.56 Å². The SMILES string of the molecule is CC1=CN[C@@H](c2ccnc(C(C)(C)O)n2)C=C1n1c(C)cc(OCc2ncc(F)cc2F)c(Cl)c1=O. The number of aromatic nitrogens is 4. The van der Waals surface area contributed by atoms with E-state index in [1.807, 2.05) is 13.0 Å². The molecule has 0 saturated heterocycles. The van der Waals surface area contributed by atoms with Gasteiger partial charge < -0.3 is 15.2 Å². The van der Waals surface area contributed by atoms with Crippen LogP contribution in [0.1, 0.15) is 49.7 Å². The highest BCUT2D eigenvalue weighted by Crippen LogP contribution is 2.30. The molecule has 0 radical (unpaired) electrons. The molecule has 1 atom stereocenters. The summed E-state index contributed by atoms with van der Waals surface area (Å²) >= 11 is 6.35. The number of aryl methyl sites for hydroxylation is 1. The largest absolute Gasteiger partial charge is 0.485 e. The van der Waals surface area contributed by atoms with E-state index in [4.69, 9.17) is 16.3 Å². The Hall–Kier alpha value is -3.63. The first-order valence-electron chi connectivity index (χ1n) is 11.0. The van der Waals surface area contributed by atoms with E-state index in [0.717, 1.165) is 11.8 Å². The standard InChI is InChI=1S/C25H24ClF2N5O3/c1-13-10-30-18(17-5-6-29-24(32-17)25(3,4)35)9-20(13)33-14(2)7-21(22(26)23(33)34)36-12-19-16(28)8-15(27)11-31-19/h5-11,18,30,35H,12H2,1-4H3/t18-/m1/s1. The van der Waals surface area contributed by atoms with Crippen LogP contribution in [-0.2, 0) is 12.2 Å². The van der Waals surface area contributed by atoms with Gasteiger partial charge in [-0.2, -0.15) is 0 Å². The lowest BCUT2D eigenvalue weighted by molar-refractivity contribution is 0.0683. The van der Waals surface area contributed by atoms with Crippen molar-refractivity contribution < 1.29 is 18.6 Å². The second kappa shape index (κ2) is 9.79. The van der Waals surface area contributed by atoms with Crippen molar-refractivity contribution in [2.24, 2.45) is 0 Å². The fraction of sp³-hybridized carbons (Fsp3) is 0.280. The maximum atomic E-state index is 13.9. The first kappa shape index (κ1) is 25.5. The van der Waals surface area contributed by atoms with E-state index in [0.29, 0.717) is 23.2 Å². The van der Waals surface area contributed by atoms with Gasteiger partial charge in [-0.3, -0.25) is 14.3 Å². The molecule has 11 heteroatoms. The molecule has 0 saturated carbocycles. The first-order chi connectivity index (χ1) is 17.0. The normalized spacial score (nSPS) is 15.7. The van der Waals surface area contributed by atoms with Crippen LogP contribution in [0.25, 0.3) is 5.70 Å². The molecular weight excluding hydrogens is 492 g/mol. The Balaban J connectivity index is 1.67. The number of hydrogen-bond donors (Lipinski definition) is 2. The number of pyridine rings is 2. The van der Waals surface area contributed by atoms with Gasteiger partial charge in [-0.1, -0.05) is 11.6 Å². The molecule has 0 amide bonds. The van der Waals surface area contributed by atoms with Crippen molar-refractivity contribution in [1.29, 1.82) is 0 Å². The van der Waals surface area contributed by atoms with Crippen molar-refractivity contribution in [3.05, 3.63) is 98.4 Å². The molecule has 3 aromatic heterocycles. The molecule has 0 spiro atoms. The highest BCUT2D eigenvalue weighted by molar-refractivity contribution is 6.31. The van der Waals surface area contributed by atoms with Gasteiger partial charge in [-0.15, -0.1) is 0 Å². The van der Waals surface area contributed by atoms with E-state index in [-0.39, 0.29) is 28.9 Å². The number of dihydropyridines is 1. The fourth-order valence-electron chi connectivity index (χ4n) is 3.67. The molecule has 4 rings (SSSR count). The summed E-state index contributed by atoms with van der Waals surface area (Å²) in [7, 11) is 0. The van der Waals surface area contributed by atoms with Crippen LogP contribution in [0.5, 0.6) is 5.75 Å². The van der Waals surface area contributed by atoms with E-state index in [1.54, 1.807) is 45.3 Å². The number of halogens is 3. The zero-order valence-corrected chi connectivity index (χ0v) is 20.8. The van der Waals surface area contributed by atoms with E-state index < -0.39 is 28.8 Å². The summed E-state index contributed by atoms with van der Waals surface area (Å²) in [5, 5.41) is 13.3. The second-order valence-electron chi connectivity index (χ2n) is 8.86. The van der Waals surface area contributed by atoms with Crippen molar-refractivity contribution in [3.63, 3.8) is 0 Å². The number of hydrogen-bond acceptors (Lipinski definition) is 7. The van der Waals surface area contributed by atoms with E-state index in [9.17, 15) is 18.7 Å². The number of nitrogens with zero attached hydrogens (tertiary/aromatic N) is 4. The zero-order chi connectivity index (χ0) is 26.2. The van der Waals surface area contributed by atoms with Crippen LogP contribution in [0.2, 0.25) is 5.02 Å². The number of ether oxygens (including phenoxy) is 1. The Kier molecular flexibility index (Phi) is 6.92. The smallest absolute Gasteiger partial charge is 0.277 e. The molecule has 1 aliphatic rings. The van der Waals surface area contributed by atoms with Gasteiger partial charge in [0.05, 0.1) is 23.6 Å². The molecule has 0 bridgehead atoms. The van der Waals surface area contributed by atoms with Crippen molar-refractivity contribution >= 4 is 17.3 Å². The summed E-state index contributed by atoms with van der Waals surface area (Å²) in [6.45, 7) is 6.41. The summed E-state index contributed by atoms with van der Waals surface area (Å²) < 4.78 is 34.0. The predicted octanol–water partition coefficient (Wildman–Crippen LogP) is 4.17. The lowest BCUT2D eigenvalue weighted by atomic mass is 10.0. The molecule has 0 aromatic carbocycles. The summed E-state index contributed by atoms with van der Waals surface area (Å²) in [6, 6.07) is 3.58. The average Bonchev–Trinajstić information content (AvgIpc) is 2.82. The maximum absolute atomic E-state index is 13.9. The van der Waals surface area contributed by atoms with E-state index in [2.05, 4.69) is 20.3 Å². The van der Waals surface area contributed by atoms with Crippen LogP contribution in [0.15, 0.2) is 53.2 Å². The van der Waals surface area contributed by atoms with E-state index >= 15 is 0 Å². The number of nitrogens with one attached hydrogen (secondary N) is 1. The van der Waals surface area contributed by atoms with Crippen molar-refractivity contribution in [3.8, 4) is 5.75 Å². The Morgan fingerprint density at radius 2 is 2.00 bits per heavy atom. The van der Waals surface area contributed by atoms with Gasteiger partial charge >= 0.3 is 0 Å². The lowest BCUT2D eigenvalue weighted by Gasteiger charge is -2.25. The molecule has 4 heterocycles. The monoisotopic (exact) mass is 515 g/mol. The van der Waals surface area contributed by atoms with E-state index in [1.165, 1.54) is 4.57 Å². The van der Waals surface area contributed by atoms with Crippen LogP contribution >= 0.6 is 11.6 Å². The molecule has 8 nitrogen and oxygen atoms in total. The molecule has 188 valence electrons. The number of aliphatic hydroxyl groups is 1. The third kappa shape index (κ3) is 5.14. The van der Waals surface area contributed by atoms with Crippen LogP contribution in [-0.4, -0.2) is 24.6 Å². The molecule has 0 aliphatic carbocycles. The summed E-state index contributed by atoms with van der Waals surface area (Å²) in [5.41, 5.74) is 0.623. The highest BCUT2D eigenvalue weighted by Gasteiger charge is 2.24. The Morgan fingerprint density at radius 1 is 1.25 bits per heavy atom. The highest BCUT2D eigenvalue weighted by atomic mass is 35.5. The fourth-order valence-corrected chi connectivity index (χ4v) is 3.86. The zero-order valence-electron chi connectivity index (χ0n) is 20.0. The summed E-state index contributed by atoms with van der Waals surface area (Å²) in [4.78, 5) is 25.6. The van der Waals surface area contributed by atoms with Crippen molar-refractivity contribution in [2.75, 3.05) is 0 Å². The minimum absolute atomic E-state index is 0.0549. The molecule has 3 aromatic rings. The third-order valence-electron chi connectivity index (χ3n) is 5.54. The number of rotatable bonds is 6. The minimum atomic E-state index is -1.22. The van der Waals surface area contributed by atoms with Crippen LogP contribution in [0, 0.1) is 18.6 Å². The van der Waals surface area contributed by atoms with Crippen LogP contribution in [0.4, 0.5) is 8.78 Å². The van der Waals surface area contributed by atoms with Gasteiger partial charge in [0.2, 0.25) is 0 Å². The number of allylic oxidation sites excluding steroid dienone is 2. The van der Waals surface area contributed by atoms with Gasteiger partial charge in [0.15, 0.2) is 11.6 Å². The molecule has 2 N–H and O–H groups in total. The van der Waals surface area contributed by atoms with Gasteiger partial charge in [0.1, 0.15) is 34.5 Å². The van der Waals surface area contributed by atoms with Crippen molar-refractivity contribution in [2.45, 2.75) is 45.9 Å². The summed E-state index contributed by atoms with van der Waals surface area (Å²) in [5.74, 6) is -1.34. The van der Waals surface area contributed by atoms with Gasteiger partial charge in [-0.25, -0.2) is 18.7 Å². The Morgan fingerprint density at radius 3 is 2.69 bits per heavy atom. The quantitative estimate of drug-likeness (QED) is 0.508. The molecule has 0 unspecified atom stereocenters. The Labute approximate surface area is 211 Å². The topological polar surface area (TPSA) is 102 Å². The Bertz CT molecular complexity index is 1450. The van der Waals surface area contributed by atoms with Crippen LogP contribution in [0.3, 0.4) is 0 Å². The van der Waals surface area contributed by atoms with Gasteiger partial charge in [-0.05, 0) is 45.4 Å². The third-order valence-corrected chi connectivity index (χ3v) is 5.89. The molecular formula is C25H24ClF2N5O3. The first-order valence-corrected chi connectivity index (χ1v) is 11.4. The maximum Gasteiger partial charge on any atom is 0.277 e. The predicted molar refractivity (Wildman–Crippen MR) is 130 cm³/mol. The molecule has 0 fully saturated rings. The average molecular weight is 516 g/mol. The molecule has 1 aliphatic heterocycles. The van der Waals surface area contributed by atoms with Gasteiger partial charge in [0, 0.05) is 30.2 Å². The minimum Gasteiger partial charge on any atom is -0.485 e. The molecule has 36 heavy (non-hydrogen) atoms. The second-order valence-corrected chi connectivity index (χ2v) is 9.24. The van der Waals surface area contributed by atoms with Crippen LogP contribution < -0.4 is 15.6 Å². The van der Waals surface area contributed by atoms with Crippen molar-refractivity contribution in [1.82, 2.24) is 24.8 Å². The summed E-state index contributed by atoms with van der Waals surface area (Å²) in [6.07, 6.45) is 6.03. The lowest BCUT2D eigenvalue weighted by Crippen LogP contribution is -2.28.